The van der Waals surface area contributed by atoms with Gasteiger partial charge >= 0.3 is 0 Å². The van der Waals surface area contributed by atoms with Gasteiger partial charge in [-0.3, -0.25) is 24.7 Å². The second-order valence-electron chi connectivity index (χ2n) is 8.02. The number of anilines is 2. The van der Waals surface area contributed by atoms with Crippen LogP contribution in [0.5, 0.6) is 17.2 Å². The first-order valence-electron chi connectivity index (χ1n) is 11.9. The maximum atomic E-state index is 12.2. The number of hydrazine groups is 1. The molecule has 200 valence electrons. The molecule has 2 aromatic rings. The molecule has 1 atom stereocenters. The van der Waals surface area contributed by atoms with Gasteiger partial charge in [0.25, 0.3) is 11.8 Å². The van der Waals surface area contributed by atoms with Crippen molar-refractivity contribution in [2.75, 3.05) is 26.1 Å². The summed E-state index contributed by atoms with van der Waals surface area (Å²) in [6, 6.07) is 6.44. The van der Waals surface area contributed by atoms with Gasteiger partial charge in [0, 0.05) is 42.1 Å². The molecule has 0 saturated carbocycles. The quantitative estimate of drug-likeness (QED) is 0.101. The van der Waals surface area contributed by atoms with E-state index in [-0.39, 0.29) is 18.7 Å². The zero-order chi connectivity index (χ0) is 27.5. The Bertz CT molecular complexity index is 1260. The Balaban J connectivity index is 1.65. The number of nitrogens with two attached hydrogens (primary N) is 1. The Morgan fingerprint density at radius 1 is 1.18 bits per heavy atom. The first kappa shape index (κ1) is 27.9. The molecule has 2 heterocycles. The van der Waals surface area contributed by atoms with E-state index in [1.165, 1.54) is 12.2 Å². The number of benzene rings is 1. The minimum absolute atomic E-state index is 0.136. The molecule has 0 spiro atoms. The van der Waals surface area contributed by atoms with E-state index in [9.17, 15) is 14.4 Å². The maximum Gasteiger partial charge on any atom is 0.261 e. The molecule has 0 aliphatic carbocycles. The van der Waals surface area contributed by atoms with Crippen LogP contribution in [-0.2, 0) is 14.4 Å². The average molecular weight is 522 g/mol. The molecule has 11 heteroatoms. The third-order valence-electron chi connectivity index (χ3n) is 5.49. The normalized spacial score (nSPS) is 15.6. The lowest BCUT2D eigenvalue weighted by Crippen LogP contribution is -2.56. The van der Waals surface area contributed by atoms with E-state index in [2.05, 4.69) is 15.6 Å². The number of allylic oxidation sites excluding steroid dienone is 4. The molecular weight excluding hydrogens is 490 g/mol. The fourth-order valence-corrected chi connectivity index (χ4v) is 3.67. The highest BCUT2D eigenvalue weighted by molar-refractivity contribution is 6.02. The predicted molar refractivity (Wildman–Crippen MR) is 143 cm³/mol. The number of hydrogen-bond acceptors (Lipinski definition) is 9. The van der Waals surface area contributed by atoms with Crippen molar-refractivity contribution in [2.45, 2.75) is 25.8 Å². The number of carbonyl (C=O) groups excluding carboxylic acids is 3. The number of aromatic nitrogens is 1. The van der Waals surface area contributed by atoms with Crippen LogP contribution in [0.15, 0.2) is 60.8 Å². The Labute approximate surface area is 220 Å². The van der Waals surface area contributed by atoms with Gasteiger partial charge < -0.3 is 19.5 Å². The van der Waals surface area contributed by atoms with Gasteiger partial charge in [-0.25, -0.2) is 10.8 Å². The molecule has 1 fully saturated rings. The Hall–Kier alpha value is -4.64. The van der Waals surface area contributed by atoms with Gasteiger partial charge in [-0.15, -0.1) is 0 Å². The fraction of sp³-hybridized carbons (Fsp3) is 0.259. The Morgan fingerprint density at radius 3 is 2.66 bits per heavy atom. The summed E-state index contributed by atoms with van der Waals surface area (Å²) in [7, 11) is 3.11. The summed E-state index contributed by atoms with van der Waals surface area (Å²) >= 11 is 0. The summed E-state index contributed by atoms with van der Waals surface area (Å²) < 4.78 is 16.6. The van der Waals surface area contributed by atoms with Gasteiger partial charge in [0.1, 0.15) is 11.9 Å². The van der Waals surface area contributed by atoms with Crippen LogP contribution >= 0.6 is 0 Å². The number of imide groups is 1. The highest BCUT2D eigenvalue weighted by atomic mass is 16.5. The number of piperidine rings is 1. The van der Waals surface area contributed by atoms with Crippen LogP contribution in [-0.4, -0.2) is 54.6 Å². The zero-order valence-corrected chi connectivity index (χ0v) is 21.5. The van der Waals surface area contributed by atoms with Crippen molar-refractivity contribution in [3.8, 4) is 17.2 Å². The van der Waals surface area contributed by atoms with E-state index < -0.39 is 17.9 Å². The summed E-state index contributed by atoms with van der Waals surface area (Å²) in [6.07, 6.45) is 11.8. The number of hydrogen-bond donors (Lipinski definition) is 3. The third-order valence-corrected chi connectivity index (χ3v) is 5.49. The van der Waals surface area contributed by atoms with Crippen LogP contribution < -0.4 is 30.7 Å². The molecule has 38 heavy (non-hydrogen) atoms. The van der Waals surface area contributed by atoms with Crippen molar-refractivity contribution in [2.24, 2.45) is 5.84 Å². The Morgan fingerprint density at radius 2 is 1.95 bits per heavy atom. The summed E-state index contributed by atoms with van der Waals surface area (Å²) in [4.78, 5) is 39.8. The van der Waals surface area contributed by atoms with Crippen molar-refractivity contribution in [3.63, 3.8) is 0 Å². The lowest BCUT2D eigenvalue weighted by Gasteiger charge is -2.28. The molecule has 1 aliphatic rings. The monoisotopic (exact) mass is 521 g/mol. The van der Waals surface area contributed by atoms with Crippen molar-refractivity contribution in [1.29, 1.82) is 0 Å². The lowest BCUT2D eigenvalue weighted by atomic mass is 10.1. The molecule has 3 amide bonds. The van der Waals surface area contributed by atoms with E-state index in [0.29, 0.717) is 35.4 Å². The standard InChI is InChI=1S/C27H31N5O6/c1-4-38-22-17-19(16-21(36-2)25(22)37-3)30-26-18(11-9-15-29-26)10-7-5-6-8-12-24(34)32(28)20-13-14-23(33)31-27(20)35/h5-12,15-17,20H,4,13-14,28H2,1-3H3,(H,29,30)(H,31,33,35)/b6-5+,10-7+,12-8+. The number of methoxy groups -OCH3 is 2. The molecule has 11 nitrogen and oxygen atoms in total. The van der Waals surface area contributed by atoms with Crippen molar-refractivity contribution >= 4 is 35.3 Å². The minimum atomic E-state index is -0.875. The van der Waals surface area contributed by atoms with Crippen LogP contribution in [0.1, 0.15) is 25.3 Å². The topological polar surface area (TPSA) is 145 Å². The van der Waals surface area contributed by atoms with Crippen LogP contribution in [0, 0.1) is 0 Å². The summed E-state index contributed by atoms with van der Waals surface area (Å²) in [5.41, 5.74) is 1.52. The second-order valence-corrected chi connectivity index (χ2v) is 8.02. The maximum absolute atomic E-state index is 12.2. The molecule has 1 aromatic heterocycles. The number of carbonyl (C=O) groups is 3. The number of nitrogens with zero attached hydrogens (tertiary/aromatic N) is 2. The molecule has 3 rings (SSSR count). The number of rotatable bonds is 11. The van der Waals surface area contributed by atoms with Crippen LogP contribution in [0.25, 0.3) is 6.08 Å². The molecule has 0 radical (unpaired) electrons. The molecule has 1 unspecified atom stereocenters. The van der Waals surface area contributed by atoms with E-state index in [0.717, 1.165) is 10.6 Å². The third kappa shape index (κ3) is 7.20. The average Bonchev–Trinajstić information content (AvgIpc) is 2.91. The molecular formula is C27H31N5O6. The van der Waals surface area contributed by atoms with Crippen molar-refractivity contribution in [1.82, 2.24) is 15.3 Å². The number of ether oxygens (including phenoxy) is 3. The predicted octanol–water partition coefficient (Wildman–Crippen LogP) is 2.87. The Kier molecular flexibility index (Phi) is 10.0. The lowest BCUT2D eigenvalue weighted by molar-refractivity contribution is -0.143. The van der Waals surface area contributed by atoms with E-state index in [1.54, 1.807) is 44.7 Å². The van der Waals surface area contributed by atoms with E-state index >= 15 is 0 Å². The first-order chi connectivity index (χ1) is 18.4. The molecule has 4 N–H and O–H groups in total. The van der Waals surface area contributed by atoms with Crippen molar-refractivity contribution < 1.29 is 28.6 Å². The van der Waals surface area contributed by atoms with Crippen LogP contribution in [0.3, 0.4) is 0 Å². The van der Waals surface area contributed by atoms with Gasteiger partial charge in [0.05, 0.1) is 20.8 Å². The van der Waals surface area contributed by atoms with Gasteiger partial charge in [-0.2, -0.15) is 0 Å². The minimum Gasteiger partial charge on any atom is -0.493 e. The number of nitrogens with one attached hydrogen (secondary N) is 2. The first-order valence-corrected chi connectivity index (χ1v) is 11.9. The van der Waals surface area contributed by atoms with E-state index in [1.807, 2.05) is 31.2 Å². The molecule has 1 saturated heterocycles. The summed E-state index contributed by atoms with van der Waals surface area (Å²) in [6.45, 7) is 2.35. The summed E-state index contributed by atoms with van der Waals surface area (Å²) in [5.74, 6) is 6.46. The highest BCUT2D eigenvalue weighted by Gasteiger charge is 2.32. The molecule has 0 bridgehead atoms. The van der Waals surface area contributed by atoms with Crippen LogP contribution in [0.2, 0.25) is 0 Å². The molecule has 1 aliphatic heterocycles. The summed E-state index contributed by atoms with van der Waals surface area (Å²) in [5, 5.41) is 6.29. The van der Waals surface area contributed by atoms with Gasteiger partial charge in [-0.1, -0.05) is 30.4 Å². The SMILES string of the molecule is CCOc1cc(Nc2ncccc2/C=C/C=C/C=C/C(=O)N(N)C2CCC(=O)NC2=O)cc(OC)c1OC. The second kappa shape index (κ2) is 13.6. The van der Waals surface area contributed by atoms with Gasteiger partial charge in [-0.05, 0) is 25.5 Å². The van der Waals surface area contributed by atoms with E-state index in [4.69, 9.17) is 20.1 Å². The van der Waals surface area contributed by atoms with Gasteiger partial charge in [0.2, 0.25) is 11.7 Å². The molecule has 1 aromatic carbocycles. The smallest absolute Gasteiger partial charge is 0.261 e. The van der Waals surface area contributed by atoms with Crippen molar-refractivity contribution in [3.05, 3.63) is 66.4 Å². The number of pyridine rings is 1. The fourth-order valence-electron chi connectivity index (χ4n) is 3.67. The zero-order valence-electron chi connectivity index (χ0n) is 21.5. The number of amides is 3. The largest absolute Gasteiger partial charge is 0.493 e. The van der Waals surface area contributed by atoms with Crippen LogP contribution in [0.4, 0.5) is 11.5 Å². The van der Waals surface area contributed by atoms with Gasteiger partial charge in [0.15, 0.2) is 11.5 Å². The highest BCUT2D eigenvalue weighted by Crippen LogP contribution is 2.41.